The van der Waals surface area contributed by atoms with E-state index < -0.39 is 21.9 Å². The van der Waals surface area contributed by atoms with Crippen LogP contribution in [0.15, 0.2) is 0 Å². The minimum Gasteiger partial charge on any atom is -0.481 e. The van der Waals surface area contributed by atoms with Crippen LogP contribution < -0.4 is 0 Å². The third kappa shape index (κ3) is 2.95. The fourth-order valence-corrected chi connectivity index (χ4v) is 2.51. The number of sulfonamides is 1. The van der Waals surface area contributed by atoms with Crippen molar-refractivity contribution in [2.45, 2.75) is 25.8 Å². The van der Waals surface area contributed by atoms with Gasteiger partial charge in [-0.1, -0.05) is 6.92 Å². The molecule has 0 aliphatic heterocycles. The lowest BCUT2D eigenvalue weighted by Crippen LogP contribution is -2.37. The molecule has 1 unspecified atom stereocenters. The summed E-state index contributed by atoms with van der Waals surface area (Å²) >= 11 is 0. The average Bonchev–Trinajstić information content (AvgIpc) is 2.79. The quantitative estimate of drug-likeness (QED) is 0.716. The van der Waals surface area contributed by atoms with Crippen molar-refractivity contribution in [1.82, 2.24) is 4.31 Å². The maximum atomic E-state index is 11.3. The first-order chi connectivity index (χ1) is 6.32. The summed E-state index contributed by atoms with van der Waals surface area (Å²) in [5.41, 5.74) is 0. The smallest absolute Gasteiger partial charge is 0.307 e. The predicted octanol–water partition coefficient (Wildman–Crippen LogP) is 0.131. The summed E-state index contributed by atoms with van der Waals surface area (Å²) in [5.74, 6) is -1.61. The van der Waals surface area contributed by atoms with Gasteiger partial charge in [0.15, 0.2) is 0 Å². The first kappa shape index (κ1) is 11.5. The van der Waals surface area contributed by atoms with Crippen molar-refractivity contribution in [1.29, 1.82) is 0 Å². The van der Waals surface area contributed by atoms with Crippen LogP contribution in [0.4, 0.5) is 0 Å². The molecule has 0 saturated heterocycles. The second kappa shape index (κ2) is 3.86. The van der Waals surface area contributed by atoms with Gasteiger partial charge in [-0.3, -0.25) is 4.79 Å². The van der Waals surface area contributed by atoms with E-state index in [1.807, 2.05) is 0 Å². The van der Waals surface area contributed by atoms with Crippen molar-refractivity contribution in [3.8, 4) is 0 Å². The average molecular weight is 221 g/mol. The molecule has 0 bridgehead atoms. The number of nitrogens with zero attached hydrogens (tertiary/aromatic N) is 1. The van der Waals surface area contributed by atoms with E-state index >= 15 is 0 Å². The molecule has 0 radical (unpaired) electrons. The Bertz CT molecular complexity index is 320. The van der Waals surface area contributed by atoms with Gasteiger partial charge in [-0.25, -0.2) is 8.42 Å². The van der Waals surface area contributed by atoms with Crippen LogP contribution in [0.1, 0.15) is 19.8 Å². The summed E-state index contributed by atoms with van der Waals surface area (Å²) in [5, 5.41) is 8.68. The fraction of sp³-hybridized carbons (Fsp3) is 0.875. The predicted molar refractivity (Wildman–Crippen MR) is 51.4 cm³/mol. The Labute approximate surface area is 83.8 Å². The fourth-order valence-electron chi connectivity index (χ4n) is 1.27. The Morgan fingerprint density at radius 2 is 2.07 bits per heavy atom. The lowest BCUT2D eigenvalue weighted by molar-refractivity contribution is -0.141. The Kier molecular flexibility index (Phi) is 3.16. The molecule has 82 valence electrons. The first-order valence-corrected chi connectivity index (χ1v) is 6.37. The van der Waals surface area contributed by atoms with E-state index in [9.17, 15) is 13.2 Å². The van der Waals surface area contributed by atoms with E-state index in [0.717, 1.165) is 19.1 Å². The van der Waals surface area contributed by atoms with E-state index in [2.05, 4.69) is 0 Å². The molecular formula is C8H15NO4S. The van der Waals surface area contributed by atoms with Gasteiger partial charge in [0.05, 0.1) is 12.2 Å². The zero-order valence-corrected chi connectivity index (χ0v) is 9.12. The van der Waals surface area contributed by atoms with Crippen molar-refractivity contribution in [3.05, 3.63) is 0 Å². The number of hydrogen-bond donors (Lipinski definition) is 1. The Balaban J connectivity index is 2.66. The monoisotopic (exact) mass is 221 g/mol. The summed E-state index contributed by atoms with van der Waals surface area (Å²) in [4.78, 5) is 10.6. The molecule has 0 aromatic heterocycles. The van der Waals surface area contributed by atoms with E-state index in [4.69, 9.17) is 5.11 Å². The lowest BCUT2D eigenvalue weighted by atomic mass is 10.2. The highest BCUT2D eigenvalue weighted by Gasteiger charge is 2.36. The highest BCUT2D eigenvalue weighted by molar-refractivity contribution is 7.88. The standard InChI is InChI=1S/C8H15NO4S/c1-6(8(10)11)5-9(7-3-4-7)14(2,12)13/h6-7H,3-5H2,1-2H3,(H,10,11). The number of carbonyl (C=O) groups is 1. The molecule has 1 aliphatic rings. The van der Waals surface area contributed by atoms with Crippen molar-refractivity contribution < 1.29 is 18.3 Å². The molecule has 5 nitrogen and oxygen atoms in total. The van der Waals surface area contributed by atoms with E-state index in [0.29, 0.717) is 0 Å². The van der Waals surface area contributed by atoms with Crippen molar-refractivity contribution in [2.75, 3.05) is 12.8 Å². The number of carboxylic acid groups (broad SMARTS) is 1. The normalized spacial score (nSPS) is 19.6. The van der Waals surface area contributed by atoms with Crippen LogP contribution in [-0.2, 0) is 14.8 Å². The minimum absolute atomic E-state index is 0.0341. The number of aliphatic carboxylic acids is 1. The molecule has 1 fully saturated rings. The van der Waals surface area contributed by atoms with Gasteiger partial charge in [0.2, 0.25) is 10.0 Å². The Hall–Kier alpha value is -0.620. The van der Waals surface area contributed by atoms with Crippen LogP contribution in [0.3, 0.4) is 0 Å². The van der Waals surface area contributed by atoms with E-state index in [-0.39, 0.29) is 12.6 Å². The second-order valence-electron chi connectivity index (χ2n) is 3.80. The van der Waals surface area contributed by atoms with Gasteiger partial charge in [0, 0.05) is 12.6 Å². The third-order valence-corrected chi connectivity index (χ3v) is 3.55. The van der Waals surface area contributed by atoms with Crippen LogP contribution >= 0.6 is 0 Å². The Morgan fingerprint density at radius 1 is 1.57 bits per heavy atom. The maximum Gasteiger partial charge on any atom is 0.307 e. The lowest BCUT2D eigenvalue weighted by Gasteiger charge is -2.21. The molecule has 0 aromatic carbocycles. The van der Waals surface area contributed by atoms with Gasteiger partial charge >= 0.3 is 5.97 Å². The topological polar surface area (TPSA) is 74.7 Å². The summed E-state index contributed by atoms with van der Waals surface area (Å²) in [6.07, 6.45) is 2.82. The summed E-state index contributed by atoms with van der Waals surface area (Å²) in [6, 6.07) is 0.0341. The van der Waals surface area contributed by atoms with Crippen LogP contribution in [0.5, 0.6) is 0 Å². The molecule has 1 N–H and O–H groups in total. The van der Waals surface area contributed by atoms with Crippen LogP contribution in [0, 0.1) is 5.92 Å². The Morgan fingerprint density at radius 3 is 2.36 bits per heavy atom. The molecule has 6 heteroatoms. The zero-order valence-electron chi connectivity index (χ0n) is 8.30. The largest absolute Gasteiger partial charge is 0.481 e. The maximum absolute atomic E-state index is 11.3. The highest BCUT2D eigenvalue weighted by Crippen LogP contribution is 2.29. The first-order valence-electron chi connectivity index (χ1n) is 4.52. The molecule has 0 spiro atoms. The zero-order chi connectivity index (χ0) is 10.9. The molecule has 0 amide bonds. The molecule has 1 rings (SSSR count). The van der Waals surface area contributed by atoms with Crippen LogP contribution in [0.25, 0.3) is 0 Å². The van der Waals surface area contributed by atoms with Gasteiger partial charge in [-0.05, 0) is 12.8 Å². The third-order valence-electron chi connectivity index (χ3n) is 2.26. The van der Waals surface area contributed by atoms with Gasteiger partial charge in [0.25, 0.3) is 0 Å². The van der Waals surface area contributed by atoms with Crippen molar-refractivity contribution in [2.24, 2.45) is 5.92 Å². The number of hydrogen-bond acceptors (Lipinski definition) is 3. The highest BCUT2D eigenvalue weighted by atomic mass is 32.2. The van der Waals surface area contributed by atoms with Gasteiger partial charge in [-0.2, -0.15) is 4.31 Å². The number of rotatable bonds is 5. The summed E-state index contributed by atoms with van der Waals surface area (Å²) in [6.45, 7) is 1.60. The van der Waals surface area contributed by atoms with Crippen molar-refractivity contribution >= 4 is 16.0 Å². The van der Waals surface area contributed by atoms with E-state index in [1.165, 1.54) is 11.2 Å². The molecule has 14 heavy (non-hydrogen) atoms. The minimum atomic E-state index is -3.26. The molecule has 1 atom stereocenters. The van der Waals surface area contributed by atoms with Gasteiger partial charge < -0.3 is 5.11 Å². The van der Waals surface area contributed by atoms with Gasteiger partial charge in [-0.15, -0.1) is 0 Å². The van der Waals surface area contributed by atoms with E-state index in [1.54, 1.807) is 0 Å². The van der Waals surface area contributed by atoms with Crippen molar-refractivity contribution in [3.63, 3.8) is 0 Å². The van der Waals surface area contributed by atoms with Gasteiger partial charge in [0.1, 0.15) is 0 Å². The molecule has 1 aliphatic carbocycles. The second-order valence-corrected chi connectivity index (χ2v) is 5.74. The summed E-state index contributed by atoms with van der Waals surface area (Å²) in [7, 11) is -3.26. The molecule has 0 heterocycles. The van der Waals surface area contributed by atoms with Crippen LogP contribution in [0.2, 0.25) is 0 Å². The molecule has 0 aromatic rings. The molecular weight excluding hydrogens is 206 g/mol. The summed E-state index contributed by atoms with van der Waals surface area (Å²) < 4.78 is 23.9. The molecule has 1 saturated carbocycles. The number of carboxylic acids is 1. The van der Waals surface area contributed by atoms with Crippen LogP contribution in [-0.4, -0.2) is 42.6 Å². The SMILES string of the molecule is CC(CN(C1CC1)S(C)(=O)=O)C(=O)O.